The lowest BCUT2D eigenvalue weighted by Crippen LogP contribution is -2.61. The summed E-state index contributed by atoms with van der Waals surface area (Å²) in [4.78, 5) is 0. The maximum absolute atomic E-state index is 10.8. The second-order valence-electron chi connectivity index (χ2n) is 8.64. The topological polar surface area (TPSA) is 239 Å². The predicted molar refractivity (Wildman–Crippen MR) is 116 cm³/mol. The van der Waals surface area contributed by atoms with E-state index in [0.717, 1.165) is 11.8 Å². The first kappa shape index (κ1) is 29.1. The summed E-state index contributed by atoms with van der Waals surface area (Å²) in [6.07, 6.45) is -16.3. The minimum absolute atomic E-state index is 0.0688. The summed E-state index contributed by atoms with van der Waals surface area (Å²) < 4.78 is 21.2. The molecule has 204 valence electrons. The molecule has 2 fully saturated rings. The first-order valence-electron chi connectivity index (χ1n) is 11.0. The molecule has 3 rings (SSSR count). The van der Waals surface area contributed by atoms with Crippen molar-refractivity contribution in [3.63, 3.8) is 0 Å². The van der Waals surface area contributed by atoms with E-state index in [1.807, 2.05) is 0 Å². The molecule has 0 saturated carbocycles. The van der Waals surface area contributed by atoms with Gasteiger partial charge in [-0.2, -0.15) is 0 Å². The molecule has 14 atom stereocenters. The molecule has 2 aliphatic heterocycles. The summed E-state index contributed by atoms with van der Waals surface area (Å²) in [7, 11) is 1.26. The molecule has 0 amide bonds. The molecule has 0 aromatic carbocycles. The monoisotopic (exact) mass is 530 g/mol. The van der Waals surface area contributed by atoms with Gasteiger partial charge in [-0.25, -0.2) is 0 Å². The van der Waals surface area contributed by atoms with Gasteiger partial charge in [0.2, 0.25) is 0 Å². The van der Waals surface area contributed by atoms with Crippen molar-refractivity contribution in [2.24, 2.45) is 0 Å². The van der Waals surface area contributed by atoms with Gasteiger partial charge in [-0.1, -0.05) is 6.08 Å². The Morgan fingerprint density at radius 1 is 0.743 bits per heavy atom. The van der Waals surface area contributed by atoms with Crippen LogP contribution in [0.25, 0.3) is 0 Å². The third-order valence-corrected chi connectivity index (χ3v) is 8.05. The Kier molecular flexibility index (Phi) is 10.3. The third kappa shape index (κ3) is 5.84. The van der Waals surface area contributed by atoms with Crippen LogP contribution in [0, 0.1) is 0 Å². The second kappa shape index (κ2) is 12.4. The zero-order valence-electron chi connectivity index (χ0n) is 18.8. The first-order chi connectivity index (χ1) is 16.6. The van der Waals surface area contributed by atoms with Gasteiger partial charge in [0, 0.05) is 7.11 Å². The van der Waals surface area contributed by atoms with Gasteiger partial charge in [0.15, 0.2) is 12.6 Å². The van der Waals surface area contributed by atoms with Gasteiger partial charge in [0.05, 0.1) is 48.6 Å². The quantitative estimate of drug-likeness (QED) is 0.132. The highest BCUT2D eigenvalue weighted by atomic mass is 32.2. The SMILES string of the molecule is CO[C@H]1O[C@H](CO)[C@@H](S[C@@H]2C=C(CO)[C@@H](O[C@@H]3O[C@H](CO)[C@@H](O)[C@H](O)[C@H]3O)[C@H](O)[C@H]2O)[C@H](O)[C@H]1O. The Morgan fingerprint density at radius 3 is 1.91 bits per heavy atom. The van der Waals surface area contributed by atoms with Crippen LogP contribution in [-0.4, -0.2) is 162 Å². The lowest BCUT2D eigenvalue weighted by Gasteiger charge is -2.45. The largest absolute Gasteiger partial charge is 0.394 e. The highest BCUT2D eigenvalue weighted by Crippen LogP contribution is 2.39. The van der Waals surface area contributed by atoms with Crippen LogP contribution >= 0.6 is 11.8 Å². The smallest absolute Gasteiger partial charge is 0.187 e. The first-order valence-corrected chi connectivity index (χ1v) is 12.0. The Labute approximate surface area is 204 Å². The molecule has 35 heavy (non-hydrogen) atoms. The molecule has 0 bridgehead atoms. The maximum atomic E-state index is 10.8. The number of ether oxygens (including phenoxy) is 4. The van der Waals surface area contributed by atoms with Crippen LogP contribution in [0.5, 0.6) is 0 Å². The minimum Gasteiger partial charge on any atom is -0.394 e. The van der Waals surface area contributed by atoms with Gasteiger partial charge in [0.25, 0.3) is 0 Å². The zero-order valence-corrected chi connectivity index (χ0v) is 19.6. The molecule has 0 aromatic heterocycles. The van der Waals surface area contributed by atoms with Crippen molar-refractivity contribution in [2.75, 3.05) is 26.9 Å². The van der Waals surface area contributed by atoms with E-state index in [1.165, 1.54) is 13.2 Å². The molecule has 0 spiro atoms. The van der Waals surface area contributed by atoms with Crippen molar-refractivity contribution in [1.29, 1.82) is 0 Å². The van der Waals surface area contributed by atoms with Crippen LogP contribution in [0.3, 0.4) is 0 Å². The van der Waals surface area contributed by atoms with E-state index in [0.29, 0.717) is 0 Å². The Balaban J connectivity index is 1.78. The molecular weight excluding hydrogens is 496 g/mol. The number of rotatable bonds is 8. The summed E-state index contributed by atoms with van der Waals surface area (Å²) >= 11 is 0.893. The second-order valence-corrected chi connectivity index (χ2v) is 10.0. The molecule has 0 aromatic rings. The lowest BCUT2D eigenvalue weighted by molar-refractivity contribution is -0.316. The van der Waals surface area contributed by atoms with E-state index in [-0.39, 0.29) is 5.57 Å². The van der Waals surface area contributed by atoms with Crippen molar-refractivity contribution >= 4 is 11.8 Å². The fourth-order valence-electron chi connectivity index (χ4n) is 4.35. The molecule has 1 aliphatic carbocycles. The maximum Gasteiger partial charge on any atom is 0.187 e. The van der Waals surface area contributed by atoms with Crippen LogP contribution in [0.15, 0.2) is 11.6 Å². The van der Waals surface area contributed by atoms with Crippen LogP contribution in [0.2, 0.25) is 0 Å². The molecule has 0 radical (unpaired) electrons. The third-order valence-electron chi connectivity index (χ3n) is 6.42. The number of aliphatic hydroxyl groups excluding tert-OH is 10. The highest BCUT2D eigenvalue weighted by Gasteiger charge is 2.50. The normalized spacial score (nSPS) is 49.1. The molecule has 15 heteroatoms. The summed E-state index contributed by atoms with van der Waals surface area (Å²) in [6.45, 7) is -1.88. The van der Waals surface area contributed by atoms with Gasteiger partial charge in [-0.3, -0.25) is 0 Å². The summed E-state index contributed by atoms with van der Waals surface area (Å²) in [6, 6.07) is 0. The summed E-state index contributed by atoms with van der Waals surface area (Å²) in [5, 5.41) is 99.4. The number of hydrogen-bond donors (Lipinski definition) is 10. The number of thioether (sulfide) groups is 1. The molecule has 0 unspecified atom stereocenters. The predicted octanol–water partition coefficient (Wildman–Crippen LogP) is -5.62. The Hall–Kier alpha value is -0.470. The Bertz CT molecular complexity index is 709. The number of aliphatic hydroxyl groups is 10. The van der Waals surface area contributed by atoms with Crippen molar-refractivity contribution < 1.29 is 70.0 Å². The van der Waals surface area contributed by atoms with Crippen LogP contribution in [0.4, 0.5) is 0 Å². The van der Waals surface area contributed by atoms with Crippen molar-refractivity contribution in [2.45, 2.75) is 84.1 Å². The average Bonchev–Trinajstić information content (AvgIpc) is 2.86. The van der Waals surface area contributed by atoms with Gasteiger partial charge in [0.1, 0.15) is 42.7 Å². The van der Waals surface area contributed by atoms with Gasteiger partial charge < -0.3 is 70.0 Å². The fraction of sp³-hybridized carbons (Fsp3) is 0.900. The number of methoxy groups -OCH3 is 1. The average molecular weight is 531 g/mol. The molecule has 14 nitrogen and oxygen atoms in total. The van der Waals surface area contributed by atoms with Crippen molar-refractivity contribution in [3.8, 4) is 0 Å². The molecule has 2 heterocycles. The van der Waals surface area contributed by atoms with Gasteiger partial charge in [-0.05, 0) is 5.57 Å². The molecule has 3 aliphatic rings. The van der Waals surface area contributed by atoms with E-state index in [9.17, 15) is 51.1 Å². The standard InChI is InChI=1S/C20H34O14S/c1-31-19-16(30)14(28)18(8(5-23)33-19)35-9-2-6(3-21)17(13(27)11(9)25)34-20-15(29)12(26)10(24)7(4-22)32-20/h2,7-30H,3-5H2,1H3/t7-,8-,9-,10-,11+,12+,13-,14-,15-,16-,17-,18-,19+,20+/m1/s1. The summed E-state index contributed by atoms with van der Waals surface area (Å²) in [5.41, 5.74) is 0.0688. The van der Waals surface area contributed by atoms with Crippen LogP contribution < -0.4 is 0 Å². The van der Waals surface area contributed by atoms with E-state index in [2.05, 4.69) is 0 Å². The van der Waals surface area contributed by atoms with Gasteiger partial charge >= 0.3 is 0 Å². The highest BCUT2D eigenvalue weighted by molar-refractivity contribution is 8.00. The van der Waals surface area contributed by atoms with E-state index in [1.54, 1.807) is 0 Å². The van der Waals surface area contributed by atoms with Crippen molar-refractivity contribution in [3.05, 3.63) is 11.6 Å². The van der Waals surface area contributed by atoms with E-state index in [4.69, 9.17) is 18.9 Å². The van der Waals surface area contributed by atoms with E-state index < -0.39 is 104 Å². The number of hydrogen-bond acceptors (Lipinski definition) is 15. The van der Waals surface area contributed by atoms with Gasteiger partial charge in [-0.15, -0.1) is 11.8 Å². The van der Waals surface area contributed by atoms with E-state index >= 15 is 0 Å². The Morgan fingerprint density at radius 2 is 1.34 bits per heavy atom. The zero-order chi connectivity index (χ0) is 26.0. The molecule has 10 N–H and O–H groups in total. The summed E-state index contributed by atoms with van der Waals surface area (Å²) in [5.74, 6) is 0. The van der Waals surface area contributed by atoms with Crippen LogP contribution in [-0.2, 0) is 18.9 Å². The van der Waals surface area contributed by atoms with Crippen molar-refractivity contribution in [1.82, 2.24) is 0 Å². The fourth-order valence-corrected chi connectivity index (χ4v) is 5.93. The molecule has 2 saturated heterocycles. The lowest BCUT2D eigenvalue weighted by atomic mass is 9.91. The minimum atomic E-state index is -1.76. The molecular formula is C20H34O14S. The van der Waals surface area contributed by atoms with Crippen LogP contribution in [0.1, 0.15) is 0 Å².